The molecule has 5 nitrogen and oxygen atoms in total. The minimum atomic E-state index is -0.192. The number of nitrogens with one attached hydrogen (secondary N) is 1. The zero-order valence-corrected chi connectivity index (χ0v) is 18.7. The Kier molecular flexibility index (Phi) is 5.68. The summed E-state index contributed by atoms with van der Waals surface area (Å²) in [5.74, 6) is 1.37. The van der Waals surface area contributed by atoms with Gasteiger partial charge in [-0.25, -0.2) is 4.98 Å². The van der Waals surface area contributed by atoms with Crippen LogP contribution in [-0.2, 0) is 0 Å². The molecule has 4 rings (SSSR count). The smallest absolute Gasteiger partial charge is 0.257 e. The summed E-state index contributed by atoms with van der Waals surface area (Å²) in [6.07, 6.45) is 0. The van der Waals surface area contributed by atoms with E-state index in [4.69, 9.17) is 9.47 Å². The molecule has 4 aromatic rings. The minimum absolute atomic E-state index is 0.192. The fraction of sp³-hybridized carbons (Fsp3) is 0.0909. The third kappa shape index (κ3) is 4.20. The van der Waals surface area contributed by atoms with Gasteiger partial charge in [0.25, 0.3) is 5.91 Å². The van der Waals surface area contributed by atoms with Gasteiger partial charge in [-0.3, -0.25) is 10.1 Å². The Morgan fingerprint density at radius 1 is 0.966 bits per heavy atom. The Morgan fingerprint density at radius 3 is 2.38 bits per heavy atom. The van der Waals surface area contributed by atoms with Gasteiger partial charge in [0.2, 0.25) is 0 Å². The van der Waals surface area contributed by atoms with Crippen LogP contribution in [0.3, 0.4) is 0 Å². The topological polar surface area (TPSA) is 60.5 Å². The quantitative estimate of drug-likeness (QED) is 0.339. The Bertz CT molecular complexity index is 1190. The summed E-state index contributed by atoms with van der Waals surface area (Å²) in [7, 11) is 3.28. The van der Waals surface area contributed by atoms with Crippen LogP contribution in [-0.4, -0.2) is 25.1 Å². The third-order valence-corrected chi connectivity index (χ3v) is 6.32. The first-order valence-corrected chi connectivity index (χ1v) is 10.7. The van der Waals surface area contributed by atoms with Gasteiger partial charge in [-0.15, -0.1) is 0 Å². The van der Waals surface area contributed by atoms with Crippen molar-refractivity contribution in [3.8, 4) is 22.6 Å². The number of anilines is 1. The lowest BCUT2D eigenvalue weighted by molar-refractivity contribution is 0.102. The maximum Gasteiger partial charge on any atom is 0.257 e. The van der Waals surface area contributed by atoms with E-state index < -0.39 is 0 Å². The van der Waals surface area contributed by atoms with E-state index in [0.29, 0.717) is 10.7 Å². The predicted molar refractivity (Wildman–Crippen MR) is 125 cm³/mol. The van der Waals surface area contributed by atoms with E-state index in [-0.39, 0.29) is 5.91 Å². The fourth-order valence-corrected chi connectivity index (χ4v) is 4.44. The van der Waals surface area contributed by atoms with E-state index >= 15 is 0 Å². The molecule has 0 saturated carbocycles. The average Bonchev–Trinajstić information content (AvgIpc) is 3.15. The number of amides is 1. The van der Waals surface area contributed by atoms with E-state index in [1.54, 1.807) is 14.2 Å². The average molecular weight is 516 g/mol. The summed E-state index contributed by atoms with van der Waals surface area (Å²) in [4.78, 5) is 17.1. The number of hydrogen-bond donors (Lipinski definition) is 1. The van der Waals surface area contributed by atoms with Crippen molar-refractivity contribution in [3.63, 3.8) is 0 Å². The molecular formula is C22H17IN2O3S. The summed E-state index contributed by atoms with van der Waals surface area (Å²) in [5.41, 5.74) is 3.49. The summed E-state index contributed by atoms with van der Waals surface area (Å²) in [6, 6.07) is 19.1. The summed E-state index contributed by atoms with van der Waals surface area (Å²) in [5, 5.41) is 3.44. The van der Waals surface area contributed by atoms with Gasteiger partial charge >= 0.3 is 0 Å². The van der Waals surface area contributed by atoms with Crippen LogP contribution in [0.5, 0.6) is 11.5 Å². The Hall–Kier alpha value is -2.65. The number of methoxy groups -OCH3 is 2. The molecule has 7 heteroatoms. The van der Waals surface area contributed by atoms with Crippen LogP contribution < -0.4 is 14.8 Å². The molecule has 1 aromatic heterocycles. The van der Waals surface area contributed by atoms with Crippen molar-refractivity contribution in [2.45, 2.75) is 0 Å². The van der Waals surface area contributed by atoms with Gasteiger partial charge in [-0.05, 0) is 82.2 Å². The number of carbonyl (C=O) groups is 1. The molecule has 0 spiro atoms. The van der Waals surface area contributed by atoms with Gasteiger partial charge in [0.1, 0.15) is 11.5 Å². The van der Waals surface area contributed by atoms with Crippen molar-refractivity contribution in [3.05, 3.63) is 69.8 Å². The first-order chi connectivity index (χ1) is 14.1. The largest absolute Gasteiger partial charge is 0.497 e. The molecular weight excluding hydrogens is 499 g/mol. The predicted octanol–water partition coefficient (Wildman–Crippen LogP) is 5.84. The number of rotatable bonds is 5. The standard InChI is InChI=1S/C22H17IN2O3S/c1-27-15-7-9-18(23)17(11-15)13-3-5-14(6-4-13)21(26)25-22-24-19-10-8-16(28-2)12-20(19)29-22/h3-12H,1-2H3,(H,24,25,26). The van der Waals surface area contributed by atoms with Crippen molar-refractivity contribution >= 4 is 55.2 Å². The lowest BCUT2D eigenvalue weighted by Gasteiger charge is -2.08. The second-order valence-corrected chi connectivity index (χ2v) is 8.42. The molecule has 0 aliphatic rings. The molecule has 0 aliphatic carbocycles. The summed E-state index contributed by atoms with van der Waals surface area (Å²) in [6.45, 7) is 0. The highest BCUT2D eigenvalue weighted by atomic mass is 127. The number of benzene rings is 3. The highest BCUT2D eigenvalue weighted by Gasteiger charge is 2.12. The number of halogens is 1. The number of carbonyl (C=O) groups excluding carboxylic acids is 1. The number of thiazole rings is 1. The second kappa shape index (κ2) is 8.38. The number of hydrogen-bond acceptors (Lipinski definition) is 5. The molecule has 1 amide bonds. The van der Waals surface area contributed by atoms with Gasteiger partial charge < -0.3 is 9.47 Å². The highest BCUT2D eigenvalue weighted by molar-refractivity contribution is 14.1. The highest BCUT2D eigenvalue weighted by Crippen LogP contribution is 2.31. The molecule has 0 aliphatic heterocycles. The molecule has 1 N–H and O–H groups in total. The zero-order chi connectivity index (χ0) is 20.4. The molecule has 146 valence electrons. The molecule has 3 aromatic carbocycles. The Morgan fingerprint density at radius 2 is 1.66 bits per heavy atom. The zero-order valence-electron chi connectivity index (χ0n) is 15.7. The van der Waals surface area contributed by atoms with Crippen LogP contribution in [0.2, 0.25) is 0 Å². The van der Waals surface area contributed by atoms with Crippen LogP contribution in [0, 0.1) is 3.57 Å². The first kappa shape index (κ1) is 19.7. The summed E-state index contributed by atoms with van der Waals surface area (Å²) >= 11 is 3.71. The maximum atomic E-state index is 12.6. The number of nitrogens with zero attached hydrogens (tertiary/aromatic N) is 1. The lowest BCUT2D eigenvalue weighted by Crippen LogP contribution is -2.11. The van der Waals surface area contributed by atoms with Crippen molar-refractivity contribution in [1.82, 2.24) is 4.98 Å². The molecule has 0 unspecified atom stereocenters. The van der Waals surface area contributed by atoms with E-state index in [0.717, 1.165) is 36.4 Å². The maximum absolute atomic E-state index is 12.6. The molecule has 29 heavy (non-hydrogen) atoms. The van der Waals surface area contributed by atoms with Gasteiger partial charge in [0.15, 0.2) is 5.13 Å². The molecule has 0 saturated heterocycles. The van der Waals surface area contributed by atoms with Crippen LogP contribution in [0.4, 0.5) is 5.13 Å². The van der Waals surface area contributed by atoms with E-state index in [1.165, 1.54) is 11.3 Å². The van der Waals surface area contributed by atoms with Crippen LogP contribution in [0.15, 0.2) is 60.7 Å². The first-order valence-electron chi connectivity index (χ1n) is 8.77. The molecule has 0 fully saturated rings. The van der Waals surface area contributed by atoms with Crippen molar-refractivity contribution in [2.24, 2.45) is 0 Å². The Labute approximate surface area is 185 Å². The molecule has 1 heterocycles. The van der Waals surface area contributed by atoms with Crippen molar-refractivity contribution < 1.29 is 14.3 Å². The van der Waals surface area contributed by atoms with Crippen molar-refractivity contribution in [1.29, 1.82) is 0 Å². The van der Waals surface area contributed by atoms with Gasteiger partial charge in [-0.1, -0.05) is 23.5 Å². The third-order valence-electron chi connectivity index (χ3n) is 4.45. The number of fused-ring (bicyclic) bond motifs is 1. The summed E-state index contributed by atoms with van der Waals surface area (Å²) < 4.78 is 12.6. The van der Waals surface area contributed by atoms with E-state index in [1.807, 2.05) is 60.7 Å². The second-order valence-electron chi connectivity index (χ2n) is 6.23. The monoisotopic (exact) mass is 516 g/mol. The normalized spacial score (nSPS) is 10.7. The molecule has 0 bridgehead atoms. The minimum Gasteiger partial charge on any atom is -0.497 e. The lowest BCUT2D eigenvalue weighted by atomic mass is 10.0. The van der Waals surface area contributed by atoms with Crippen LogP contribution in [0.1, 0.15) is 10.4 Å². The number of aromatic nitrogens is 1. The van der Waals surface area contributed by atoms with Crippen molar-refractivity contribution in [2.75, 3.05) is 19.5 Å². The SMILES string of the molecule is COc1ccc(I)c(-c2ccc(C(=O)Nc3nc4ccc(OC)cc4s3)cc2)c1. The van der Waals surface area contributed by atoms with Gasteiger partial charge in [0, 0.05) is 9.13 Å². The van der Waals surface area contributed by atoms with E-state index in [2.05, 4.69) is 32.9 Å². The Balaban J connectivity index is 1.54. The van der Waals surface area contributed by atoms with E-state index in [9.17, 15) is 4.79 Å². The molecule has 0 atom stereocenters. The van der Waals surface area contributed by atoms with Crippen LogP contribution >= 0.6 is 33.9 Å². The number of ether oxygens (including phenoxy) is 2. The molecule has 0 radical (unpaired) electrons. The van der Waals surface area contributed by atoms with Gasteiger partial charge in [0.05, 0.1) is 24.4 Å². The van der Waals surface area contributed by atoms with Gasteiger partial charge in [-0.2, -0.15) is 0 Å². The van der Waals surface area contributed by atoms with Crippen LogP contribution in [0.25, 0.3) is 21.3 Å². The fourth-order valence-electron chi connectivity index (χ4n) is 2.91.